The summed E-state index contributed by atoms with van der Waals surface area (Å²) in [6, 6.07) is 1.000. The third kappa shape index (κ3) is 3.46. The van der Waals surface area contributed by atoms with E-state index in [4.69, 9.17) is 11.6 Å². The average molecular weight is 454 g/mol. The summed E-state index contributed by atoms with van der Waals surface area (Å²) in [5.74, 6) is -5.22. The van der Waals surface area contributed by atoms with Crippen LogP contribution in [0.25, 0.3) is 0 Å². The Kier molecular flexibility index (Phi) is 5.26. The van der Waals surface area contributed by atoms with Gasteiger partial charge in [0.25, 0.3) is 11.8 Å². The van der Waals surface area contributed by atoms with Gasteiger partial charge in [-0.15, -0.1) is 0 Å². The fourth-order valence-corrected chi connectivity index (χ4v) is 3.83. The topological polar surface area (TPSA) is 91.6 Å². The largest absolute Gasteiger partial charge is 0.503 e. The number of carbonyl (C=O) groups is 2. The number of fused-ring (bicyclic) bond motifs is 4. The van der Waals surface area contributed by atoms with E-state index < -0.39 is 69.3 Å². The molecule has 0 unspecified atom stereocenters. The number of aromatic hydroxyl groups is 1. The molecule has 0 saturated carbocycles. The molecule has 0 spiro atoms. The van der Waals surface area contributed by atoms with Gasteiger partial charge >= 0.3 is 0 Å². The van der Waals surface area contributed by atoms with Crippen molar-refractivity contribution in [2.75, 3.05) is 13.1 Å². The van der Waals surface area contributed by atoms with E-state index in [0.717, 1.165) is 22.9 Å². The Morgan fingerprint density at radius 3 is 2.74 bits per heavy atom. The first-order valence-corrected chi connectivity index (χ1v) is 9.62. The first-order valence-electron chi connectivity index (χ1n) is 9.24. The molecule has 0 saturated heterocycles. The van der Waals surface area contributed by atoms with Crippen LogP contribution in [0.4, 0.5) is 13.2 Å². The predicted octanol–water partition coefficient (Wildman–Crippen LogP) is 2.67. The van der Waals surface area contributed by atoms with E-state index in [1.54, 1.807) is 0 Å². The van der Waals surface area contributed by atoms with Gasteiger partial charge in [-0.25, -0.2) is 13.2 Å². The van der Waals surface area contributed by atoms with Crippen molar-refractivity contribution in [2.45, 2.75) is 19.0 Å². The van der Waals surface area contributed by atoms with Gasteiger partial charge in [0.1, 0.15) is 34.1 Å². The number of hydrogen-bond acceptors (Lipinski definition) is 4. The molecule has 2 aliphatic rings. The molecule has 4 rings (SSSR count). The van der Waals surface area contributed by atoms with E-state index in [1.165, 1.54) is 11.0 Å². The molecule has 2 aliphatic heterocycles. The summed E-state index contributed by atoms with van der Waals surface area (Å²) in [6.07, 6.45) is 2.58. The van der Waals surface area contributed by atoms with Crippen LogP contribution >= 0.6 is 11.6 Å². The second kappa shape index (κ2) is 7.77. The molecule has 1 atom stereocenters. The molecule has 2 aromatic rings. The van der Waals surface area contributed by atoms with Crippen LogP contribution in [0.5, 0.6) is 5.75 Å². The van der Waals surface area contributed by atoms with Crippen LogP contribution in [0.2, 0.25) is 5.02 Å². The highest BCUT2D eigenvalue weighted by atomic mass is 35.5. The number of amides is 2. The lowest BCUT2D eigenvalue weighted by Gasteiger charge is -2.34. The molecule has 7 nitrogen and oxygen atoms in total. The summed E-state index contributed by atoms with van der Waals surface area (Å²) < 4.78 is 42.9. The van der Waals surface area contributed by atoms with Crippen molar-refractivity contribution in [1.82, 2.24) is 14.8 Å². The highest BCUT2D eigenvalue weighted by Crippen LogP contribution is 2.33. The monoisotopic (exact) mass is 453 g/mol. The minimum atomic E-state index is -1.13. The smallest absolute Gasteiger partial charge is 0.274 e. The van der Waals surface area contributed by atoms with Gasteiger partial charge in [0.05, 0.1) is 0 Å². The summed E-state index contributed by atoms with van der Waals surface area (Å²) in [5, 5.41) is 11.9. The van der Waals surface area contributed by atoms with Crippen LogP contribution in [-0.4, -0.2) is 39.5 Å². The van der Waals surface area contributed by atoms with Crippen molar-refractivity contribution >= 4 is 23.4 Å². The Labute approximate surface area is 178 Å². The van der Waals surface area contributed by atoms with E-state index in [2.05, 4.69) is 5.32 Å². The van der Waals surface area contributed by atoms with Crippen molar-refractivity contribution in [3.63, 3.8) is 0 Å². The predicted molar refractivity (Wildman–Crippen MR) is 104 cm³/mol. The Hall–Kier alpha value is -3.27. The third-order valence-electron chi connectivity index (χ3n) is 5.29. The summed E-state index contributed by atoms with van der Waals surface area (Å²) >= 11 is 5.50. The van der Waals surface area contributed by atoms with Crippen LogP contribution in [0.3, 0.4) is 0 Å². The van der Waals surface area contributed by atoms with E-state index >= 15 is 0 Å². The van der Waals surface area contributed by atoms with Gasteiger partial charge in [0, 0.05) is 31.4 Å². The van der Waals surface area contributed by atoms with Crippen LogP contribution in [0.15, 0.2) is 35.0 Å². The zero-order chi connectivity index (χ0) is 22.4. The number of nitrogens with zero attached hydrogens (tertiary/aromatic N) is 2. The van der Waals surface area contributed by atoms with Gasteiger partial charge in [0.15, 0.2) is 11.4 Å². The Bertz CT molecular complexity index is 1210. The number of pyridine rings is 1. The van der Waals surface area contributed by atoms with E-state index in [0.29, 0.717) is 0 Å². The van der Waals surface area contributed by atoms with Crippen molar-refractivity contribution in [3.05, 3.63) is 73.9 Å². The maximum absolute atomic E-state index is 14.5. The van der Waals surface area contributed by atoms with Crippen LogP contribution < -0.4 is 10.7 Å². The fraction of sp³-hybridized carbons (Fsp3) is 0.250. The van der Waals surface area contributed by atoms with Crippen molar-refractivity contribution in [3.8, 4) is 5.75 Å². The summed E-state index contributed by atoms with van der Waals surface area (Å²) in [6.45, 7) is -0.224. The zero-order valence-corrected chi connectivity index (χ0v) is 16.5. The molecular weight excluding hydrogens is 439 g/mol. The van der Waals surface area contributed by atoms with E-state index in [-0.39, 0.29) is 25.1 Å². The average Bonchev–Trinajstić information content (AvgIpc) is 2.91. The first kappa shape index (κ1) is 21.0. The summed E-state index contributed by atoms with van der Waals surface area (Å²) in [4.78, 5) is 39.1. The zero-order valence-electron chi connectivity index (χ0n) is 15.8. The Morgan fingerprint density at radius 1 is 1.26 bits per heavy atom. The lowest BCUT2D eigenvalue weighted by Crippen LogP contribution is -2.44. The second-order valence-corrected chi connectivity index (χ2v) is 7.52. The van der Waals surface area contributed by atoms with Crippen molar-refractivity contribution < 1.29 is 27.9 Å². The number of hydrogen-bond donors (Lipinski definition) is 2. The molecule has 1 aromatic carbocycles. The van der Waals surface area contributed by atoms with E-state index in [9.17, 15) is 32.7 Å². The molecule has 2 N–H and O–H groups in total. The molecule has 1 aromatic heterocycles. The lowest BCUT2D eigenvalue weighted by atomic mass is 10.1. The van der Waals surface area contributed by atoms with Crippen molar-refractivity contribution in [1.29, 1.82) is 0 Å². The van der Waals surface area contributed by atoms with Gasteiger partial charge in [-0.2, -0.15) is 0 Å². The number of carbonyl (C=O) groups excluding carboxylic acids is 2. The highest BCUT2D eigenvalue weighted by Gasteiger charge is 2.38. The number of nitrogens with one attached hydrogen (secondary N) is 1. The Morgan fingerprint density at radius 2 is 2.00 bits per heavy atom. The summed E-state index contributed by atoms with van der Waals surface area (Å²) in [5.41, 5.74) is -2.22. The maximum atomic E-state index is 14.5. The normalized spacial score (nSPS) is 17.7. The number of benzene rings is 1. The van der Waals surface area contributed by atoms with Gasteiger partial charge in [-0.3, -0.25) is 14.4 Å². The second-order valence-electron chi connectivity index (χ2n) is 7.14. The standard InChI is InChI=1S/C20H15ClF3N3O4/c21-14-12(23)4-3-9(15(14)24)6-25-19(30)10-7-27-13-8-26(5-1-2-11(13)22)20(31)16(27)18(29)17(10)28/h2-4,7,13,29H,1,5-6,8H2,(H,25,30)/t13-/m1/s1. The quantitative estimate of drug-likeness (QED) is 0.699. The lowest BCUT2D eigenvalue weighted by molar-refractivity contribution is 0.0677. The minimum Gasteiger partial charge on any atom is -0.503 e. The van der Waals surface area contributed by atoms with Gasteiger partial charge in [-0.05, 0) is 18.6 Å². The molecule has 0 radical (unpaired) electrons. The molecule has 0 fully saturated rings. The Balaban J connectivity index is 1.70. The summed E-state index contributed by atoms with van der Waals surface area (Å²) in [7, 11) is 0. The van der Waals surface area contributed by atoms with Crippen molar-refractivity contribution in [2.24, 2.45) is 0 Å². The number of rotatable bonds is 3. The minimum absolute atomic E-state index is 0.0170. The molecule has 162 valence electrons. The van der Waals surface area contributed by atoms with Crippen LogP contribution in [0.1, 0.15) is 38.9 Å². The molecular formula is C20H15ClF3N3O4. The number of halogens is 4. The van der Waals surface area contributed by atoms with Crippen LogP contribution in [-0.2, 0) is 6.54 Å². The van der Waals surface area contributed by atoms with Gasteiger partial charge in [-0.1, -0.05) is 17.7 Å². The SMILES string of the molecule is O=C(NCc1ccc(F)c(Cl)c1F)c1cn2c(c(O)c1=O)C(=O)N1CCC=C(F)[C@H]2C1. The van der Waals surface area contributed by atoms with Gasteiger partial charge < -0.3 is 19.9 Å². The van der Waals surface area contributed by atoms with Gasteiger partial charge in [0.2, 0.25) is 5.43 Å². The fourth-order valence-electron chi connectivity index (χ4n) is 3.65. The molecule has 2 bridgehead atoms. The third-order valence-corrected chi connectivity index (χ3v) is 5.63. The number of aromatic nitrogens is 1. The molecule has 31 heavy (non-hydrogen) atoms. The maximum Gasteiger partial charge on any atom is 0.274 e. The first-order chi connectivity index (χ1) is 14.7. The van der Waals surface area contributed by atoms with Crippen LogP contribution in [0, 0.1) is 11.6 Å². The molecule has 3 heterocycles. The highest BCUT2D eigenvalue weighted by molar-refractivity contribution is 6.30. The molecule has 2 amide bonds. The van der Waals surface area contributed by atoms with E-state index in [1.807, 2.05) is 0 Å². The molecule has 0 aliphatic carbocycles. The molecule has 11 heteroatoms.